The lowest BCUT2D eigenvalue weighted by molar-refractivity contribution is -0.147. The fourth-order valence-electron chi connectivity index (χ4n) is 0.716. The number of hydrogen-bond donors (Lipinski definition) is 0. The van der Waals surface area contributed by atoms with E-state index in [0.29, 0.717) is 17.8 Å². The van der Waals surface area contributed by atoms with E-state index in [4.69, 9.17) is 0 Å². The van der Waals surface area contributed by atoms with Gasteiger partial charge in [0.2, 0.25) is 0 Å². The molecule has 0 aliphatic rings. The maximum absolute atomic E-state index is 10.8. The van der Waals surface area contributed by atoms with Crippen molar-refractivity contribution in [1.29, 1.82) is 0 Å². The largest absolute Gasteiger partial charge is 0.463 e. The average molecular weight is 298 g/mol. The van der Waals surface area contributed by atoms with Gasteiger partial charge in [-0.05, 0) is 20.8 Å². The smallest absolute Gasteiger partial charge is 0.333 e. The molecule has 0 radical (unpaired) electrons. The predicted molar refractivity (Wildman–Crippen MR) is 78.4 cm³/mol. The first-order chi connectivity index (χ1) is 9.76. The molecular formula is C15H22O6. The van der Waals surface area contributed by atoms with Gasteiger partial charge >= 0.3 is 17.9 Å². The first-order valence-electron chi connectivity index (χ1n) is 6.20. The van der Waals surface area contributed by atoms with Gasteiger partial charge in [-0.1, -0.05) is 19.7 Å². The Bertz CT molecular complexity index is 380. The highest BCUT2D eigenvalue weighted by Gasteiger charge is 2.05. The van der Waals surface area contributed by atoms with E-state index < -0.39 is 11.9 Å². The minimum absolute atomic E-state index is 0.0325. The van der Waals surface area contributed by atoms with Gasteiger partial charge in [0.25, 0.3) is 0 Å². The number of hydrogen-bond acceptors (Lipinski definition) is 6. The summed E-state index contributed by atoms with van der Waals surface area (Å²) in [5, 5.41) is 0. The molecule has 0 fully saturated rings. The van der Waals surface area contributed by atoms with E-state index in [0.717, 1.165) is 6.08 Å². The van der Waals surface area contributed by atoms with Crippen LogP contribution in [0.1, 0.15) is 20.8 Å². The predicted octanol–water partition coefficient (Wildman–Crippen LogP) is 1.96. The number of ether oxygens (including phenoxy) is 3. The lowest BCUT2D eigenvalue weighted by Crippen LogP contribution is -2.14. The highest BCUT2D eigenvalue weighted by atomic mass is 16.6. The average Bonchev–Trinajstić information content (AvgIpc) is 2.43. The molecule has 6 heteroatoms. The van der Waals surface area contributed by atoms with E-state index in [1.54, 1.807) is 20.8 Å². The van der Waals surface area contributed by atoms with Gasteiger partial charge < -0.3 is 14.2 Å². The molecule has 118 valence electrons. The van der Waals surface area contributed by atoms with E-state index in [1.807, 2.05) is 0 Å². The number of carbonyl (C=O) groups is 3. The maximum atomic E-state index is 10.8. The highest BCUT2D eigenvalue weighted by Crippen LogP contribution is 1.94. The van der Waals surface area contributed by atoms with Crippen molar-refractivity contribution in [3.8, 4) is 0 Å². The van der Waals surface area contributed by atoms with Crippen LogP contribution < -0.4 is 0 Å². The van der Waals surface area contributed by atoms with Crippen molar-refractivity contribution in [2.24, 2.45) is 0 Å². The monoisotopic (exact) mass is 298 g/mol. The molecule has 0 amide bonds. The Labute approximate surface area is 125 Å². The fourth-order valence-corrected chi connectivity index (χ4v) is 0.716. The Hall–Kier alpha value is -2.37. The van der Waals surface area contributed by atoms with Crippen LogP contribution >= 0.6 is 0 Å². The second-order valence-corrected chi connectivity index (χ2v) is 3.79. The van der Waals surface area contributed by atoms with Crippen LogP contribution in [-0.2, 0) is 28.6 Å². The van der Waals surface area contributed by atoms with Crippen LogP contribution in [0.5, 0.6) is 0 Å². The standard InChI is InChI=1S/C10H14O4.C5H8O2/c1-7(2)9(11)13-5-6-14-10(12)8(3)4;1-3-5(6)7-4-2/h1,3,5-6H2,2,4H3;3H,1,4H2,2H3. The summed E-state index contributed by atoms with van der Waals surface area (Å²) in [6.07, 6.45) is 1.14. The molecule has 0 atom stereocenters. The topological polar surface area (TPSA) is 78.9 Å². The maximum Gasteiger partial charge on any atom is 0.333 e. The van der Waals surface area contributed by atoms with Gasteiger partial charge in [-0.2, -0.15) is 0 Å². The minimum atomic E-state index is -0.489. The first kappa shape index (κ1) is 20.9. The van der Waals surface area contributed by atoms with Crippen molar-refractivity contribution < 1.29 is 28.6 Å². The molecule has 6 nitrogen and oxygen atoms in total. The molecule has 0 spiro atoms. The molecule has 0 aliphatic carbocycles. The third-order valence-electron chi connectivity index (χ3n) is 1.70. The van der Waals surface area contributed by atoms with Crippen LogP contribution in [0.2, 0.25) is 0 Å². The molecule has 0 aromatic rings. The highest BCUT2D eigenvalue weighted by molar-refractivity contribution is 5.87. The summed E-state index contributed by atoms with van der Waals surface area (Å²) in [5.74, 6) is -1.34. The Kier molecular flexibility index (Phi) is 12.6. The Balaban J connectivity index is 0. The van der Waals surface area contributed by atoms with E-state index >= 15 is 0 Å². The van der Waals surface area contributed by atoms with Crippen LogP contribution in [0.3, 0.4) is 0 Å². The summed E-state index contributed by atoms with van der Waals surface area (Å²) in [5.41, 5.74) is 0.632. The van der Waals surface area contributed by atoms with Gasteiger partial charge in [0.15, 0.2) is 0 Å². The van der Waals surface area contributed by atoms with Crippen LogP contribution in [0, 0.1) is 0 Å². The molecule has 0 heterocycles. The van der Waals surface area contributed by atoms with Gasteiger partial charge in [-0.15, -0.1) is 0 Å². The van der Waals surface area contributed by atoms with E-state index in [9.17, 15) is 14.4 Å². The second kappa shape index (κ2) is 12.7. The van der Waals surface area contributed by atoms with Crippen molar-refractivity contribution in [3.63, 3.8) is 0 Å². The van der Waals surface area contributed by atoms with E-state index in [1.165, 1.54) is 0 Å². The molecule has 0 bridgehead atoms. The molecular weight excluding hydrogens is 276 g/mol. The summed E-state index contributed by atoms with van der Waals surface area (Å²) >= 11 is 0. The van der Waals surface area contributed by atoms with Crippen LogP contribution in [0.4, 0.5) is 0 Å². The zero-order valence-corrected chi connectivity index (χ0v) is 12.8. The Morgan fingerprint density at radius 2 is 1.29 bits per heavy atom. The van der Waals surface area contributed by atoms with Crippen molar-refractivity contribution in [1.82, 2.24) is 0 Å². The van der Waals surface area contributed by atoms with Crippen LogP contribution in [0.25, 0.3) is 0 Å². The summed E-state index contributed by atoms with van der Waals surface area (Å²) < 4.78 is 13.8. The zero-order valence-electron chi connectivity index (χ0n) is 12.8. The Morgan fingerprint density at radius 3 is 1.48 bits per heavy atom. The molecule has 0 unspecified atom stereocenters. The molecule has 21 heavy (non-hydrogen) atoms. The summed E-state index contributed by atoms with van der Waals surface area (Å²) in [6, 6.07) is 0. The number of carbonyl (C=O) groups excluding carboxylic acids is 3. The van der Waals surface area contributed by atoms with Crippen LogP contribution in [-0.4, -0.2) is 37.7 Å². The molecule has 0 saturated carbocycles. The molecule has 0 aromatic heterocycles. The summed E-state index contributed by atoms with van der Waals surface area (Å²) in [7, 11) is 0. The molecule has 0 N–H and O–H groups in total. The van der Waals surface area contributed by atoms with Crippen molar-refractivity contribution in [2.75, 3.05) is 19.8 Å². The number of esters is 3. The third kappa shape index (κ3) is 13.9. The van der Waals surface area contributed by atoms with Gasteiger partial charge in [0.05, 0.1) is 6.61 Å². The minimum Gasteiger partial charge on any atom is -0.463 e. The van der Waals surface area contributed by atoms with E-state index in [-0.39, 0.29) is 19.2 Å². The number of rotatable bonds is 7. The zero-order chi connectivity index (χ0) is 16.8. The lowest BCUT2D eigenvalue weighted by Gasteiger charge is -2.05. The molecule has 0 rings (SSSR count). The third-order valence-corrected chi connectivity index (χ3v) is 1.70. The SMILES string of the molecule is C=C(C)C(=O)OCCOC(=O)C(=C)C.C=CC(=O)OCC. The Morgan fingerprint density at radius 1 is 0.905 bits per heavy atom. The molecule has 0 saturated heterocycles. The quantitative estimate of drug-likeness (QED) is 0.309. The fraction of sp³-hybridized carbons (Fsp3) is 0.400. The first-order valence-corrected chi connectivity index (χ1v) is 6.20. The lowest BCUT2D eigenvalue weighted by atomic mass is 10.4. The second-order valence-electron chi connectivity index (χ2n) is 3.79. The van der Waals surface area contributed by atoms with Gasteiger partial charge in [0, 0.05) is 17.2 Å². The van der Waals surface area contributed by atoms with Crippen LogP contribution in [0.15, 0.2) is 37.0 Å². The van der Waals surface area contributed by atoms with Crippen molar-refractivity contribution in [2.45, 2.75) is 20.8 Å². The summed E-state index contributed by atoms with van der Waals surface area (Å²) in [4.78, 5) is 31.8. The van der Waals surface area contributed by atoms with Crippen molar-refractivity contribution in [3.05, 3.63) is 37.0 Å². The normalized spacial score (nSPS) is 8.52. The van der Waals surface area contributed by atoms with Gasteiger partial charge in [0.1, 0.15) is 13.2 Å². The molecule has 0 aromatic carbocycles. The van der Waals surface area contributed by atoms with Crippen molar-refractivity contribution >= 4 is 17.9 Å². The molecule has 0 aliphatic heterocycles. The van der Waals surface area contributed by atoms with E-state index in [2.05, 4.69) is 33.9 Å². The summed E-state index contributed by atoms with van der Waals surface area (Å²) in [6.45, 7) is 15.3. The van der Waals surface area contributed by atoms with Gasteiger partial charge in [-0.25, -0.2) is 14.4 Å². The van der Waals surface area contributed by atoms with Gasteiger partial charge in [-0.3, -0.25) is 0 Å².